The lowest BCUT2D eigenvalue weighted by Gasteiger charge is -2.62. The number of hydrogen-bond acceptors (Lipinski definition) is 11. The Bertz CT molecular complexity index is 1200. The summed E-state index contributed by atoms with van der Waals surface area (Å²) in [7, 11) is 1.54. The molecule has 0 aliphatic heterocycles. The van der Waals surface area contributed by atoms with Crippen molar-refractivity contribution >= 4 is 33.9 Å². The van der Waals surface area contributed by atoms with E-state index in [4.69, 9.17) is 19.6 Å². The van der Waals surface area contributed by atoms with E-state index >= 15 is 0 Å². The molecule has 0 radical (unpaired) electrons. The van der Waals surface area contributed by atoms with E-state index in [1.165, 1.54) is 16.9 Å². The number of ether oxygens (including phenoxy) is 2. The topological polar surface area (TPSA) is 159 Å². The van der Waals surface area contributed by atoms with Crippen molar-refractivity contribution in [3.05, 3.63) is 34.5 Å². The fourth-order valence-corrected chi connectivity index (χ4v) is 4.67. The lowest BCUT2D eigenvalue weighted by molar-refractivity contribution is 0.00179. The van der Waals surface area contributed by atoms with Gasteiger partial charge in [-0.05, 0) is 25.2 Å². The Morgan fingerprint density at radius 2 is 2.19 bits per heavy atom. The van der Waals surface area contributed by atoms with Crippen LogP contribution in [0, 0.1) is 5.92 Å². The molecule has 3 heterocycles. The number of carbonyl (C=O) groups is 1. The fraction of sp³-hybridized carbons (Fsp3) is 0.421. The van der Waals surface area contributed by atoms with Gasteiger partial charge in [-0.25, -0.2) is 4.79 Å². The molecule has 3 fully saturated rings. The summed E-state index contributed by atoms with van der Waals surface area (Å²) in [5.74, 6) is 0.355. The average molecular weight is 459 g/mol. The molecule has 0 spiro atoms. The van der Waals surface area contributed by atoms with Gasteiger partial charge in [-0.1, -0.05) is 11.3 Å². The second kappa shape index (κ2) is 7.91. The normalized spacial score (nSPS) is 20.8. The van der Waals surface area contributed by atoms with E-state index in [1.54, 1.807) is 13.2 Å². The molecule has 2 bridgehead atoms. The number of nitrogens with two attached hydrogens (primary N) is 1. The summed E-state index contributed by atoms with van der Waals surface area (Å²) in [6, 6.07) is 3.09. The zero-order valence-corrected chi connectivity index (χ0v) is 18.0. The van der Waals surface area contributed by atoms with Gasteiger partial charge >= 0.3 is 5.63 Å². The molecule has 1 amide bonds. The molecule has 3 aliphatic rings. The number of amides is 1. The third-order valence-corrected chi connectivity index (χ3v) is 6.41. The van der Waals surface area contributed by atoms with E-state index in [-0.39, 0.29) is 28.8 Å². The highest BCUT2D eigenvalue weighted by molar-refractivity contribution is 7.17. The van der Waals surface area contributed by atoms with Gasteiger partial charge in [-0.2, -0.15) is 9.78 Å². The van der Waals surface area contributed by atoms with E-state index in [0.29, 0.717) is 23.2 Å². The van der Waals surface area contributed by atoms with Gasteiger partial charge in [-0.3, -0.25) is 10.1 Å². The predicted octanol–water partition coefficient (Wildman–Crippen LogP) is 1.50. The quantitative estimate of drug-likeness (QED) is 0.400. The van der Waals surface area contributed by atoms with Crippen LogP contribution in [0.1, 0.15) is 29.8 Å². The molecule has 4 N–H and O–H groups in total. The Morgan fingerprint density at radius 3 is 2.84 bits per heavy atom. The molecule has 0 aromatic carbocycles. The van der Waals surface area contributed by atoms with Gasteiger partial charge in [0.15, 0.2) is 5.76 Å². The summed E-state index contributed by atoms with van der Waals surface area (Å²) in [6.07, 6.45) is 4.64. The molecule has 3 aromatic rings. The molecular weight excluding hydrogens is 438 g/mol. The van der Waals surface area contributed by atoms with Crippen LogP contribution in [0.3, 0.4) is 0 Å². The largest absolute Gasteiger partial charge is 0.483 e. The Kier molecular flexibility index (Phi) is 5.06. The standard InChI is InChI=1S/C19H21N7O5S/c1-29-4-5-30-14-11(23-19-7-10(8-19)9-19)6-12(31-16(14)28)15(27)22-17-24-25-18(32-17)26-13(20)2-3-21-26/h2-3,6,10,23H,4-5,7-9,20H2,1H3,(H,22,24,27). The molecule has 13 heteroatoms. The predicted molar refractivity (Wildman–Crippen MR) is 115 cm³/mol. The van der Waals surface area contributed by atoms with Crippen LogP contribution in [0.2, 0.25) is 0 Å². The van der Waals surface area contributed by atoms with E-state index in [0.717, 1.165) is 36.5 Å². The molecule has 0 saturated heterocycles. The highest BCUT2D eigenvalue weighted by Gasteiger charge is 2.56. The summed E-state index contributed by atoms with van der Waals surface area (Å²) in [4.78, 5) is 25.4. The third-order valence-electron chi connectivity index (χ3n) is 5.59. The zero-order valence-electron chi connectivity index (χ0n) is 17.2. The first-order chi connectivity index (χ1) is 15.5. The van der Waals surface area contributed by atoms with Crippen LogP contribution in [-0.2, 0) is 4.74 Å². The second-order valence-electron chi connectivity index (χ2n) is 7.88. The molecule has 168 valence electrons. The van der Waals surface area contributed by atoms with E-state index in [1.807, 2.05) is 0 Å². The number of nitrogens with one attached hydrogen (secondary N) is 2. The van der Waals surface area contributed by atoms with Gasteiger partial charge in [0, 0.05) is 24.8 Å². The minimum absolute atomic E-state index is 0.0377. The number of aromatic nitrogens is 4. The molecule has 32 heavy (non-hydrogen) atoms. The van der Waals surface area contributed by atoms with Crippen molar-refractivity contribution < 1.29 is 18.7 Å². The van der Waals surface area contributed by atoms with Crippen molar-refractivity contribution in [2.45, 2.75) is 24.8 Å². The lowest BCUT2D eigenvalue weighted by atomic mass is 9.50. The van der Waals surface area contributed by atoms with Crippen LogP contribution in [0.5, 0.6) is 5.75 Å². The summed E-state index contributed by atoms with van der Waals surface area (Å²) in [6.45, 7) is 0.496. The van der Waals surface area contributed by atoms with E-state index in [2.05, 4.69) is 25.9 Å². The van der Waals surface area contributed by atoms with Gasteiger partial charge < -0.3 is 24.9 Å². The average Bonchev–Trinajstić information content (AvgIpc) is 3.33. The van der Waals surface area contributed by atoms with Crippen molar-refractivity contribution in [3.63, 3.8) is 0 Å². The SMILES string of the molecule is COCCOc1c(NC23CC(C2)C3)cc(C(=O)Nc2nnc(-n3nccc3N)s2)oc1=O. The Balaban J connectivity index is 1.37. The summed E-state index contributed by atoms with van der Waals surface area (Å²) in [5, 5.41) is 18.5. The van der Waals surface area contributed by atoms with Gasteiger partial charge in [-0.15, -0.1) is 10.2 Å². The molecule has 0 unspecified atom stereocenters. The summed E-state index contributed by atoms with van der Waals surface area (Å²) >= 11 is 1.07. The summed E-state index contributed by atoms with van der Waals surface area (Å²) in [5.41, 5.74) is 5.46. The molecule has 3 aromatic heterocycles. The van der Waals surface area contributed by atoms with Gasteiger partial charge in [0.25, 0.3) is 5.91 Å². The molecular formula is C19H21N7O5S. The smallest absolute Gasteiger partial charge is 0.381 e. The lowest BCUT2D eigenvalue weighted by Crippen LogP contribution is -2.63. The Hall–Kier alpha value is -3.45. The number of nitrogens with zero attached hydrogens (tertiary/aromatic N) is 4. The molecule has 6 rings (SSSR count). The third kappa shape index (κ3) is 3.69. The van der Waals surface area contributed by atoms with Crippen LogP contribution < -0.4 is 26.7 Å². The maximum Gasteiger partial charge on any atom is 0.381 e. The van der Waals surface area contributed by atoms with Crippen LogP contribution in [-0.4, -0.2) is 51.7 Å². The molecule has 3 aliphatic carbocycles. The fourth-order valence-electron chi connectivity index (χ4n) is 3.95. The number of hydrogen-bond donors (Lipinski definition) is 3. The van der Waals surface area contributed by atoms with Crippen LogP contribution in [0.4, 0.5) is 16.6 Å². The Morgan fingerprint density at radius 1 is 1.38 bits per heavy atom. The van der Waals surface area contributed by atoms with Crippen molar-refractivity contribution in [2.75, 3.05) is 36.7 Å². The number of carbonyl (C=O) groups excluding carboxylic acids is 1. The van der Waals surface area contributed by atoms with Crippen molar-refractivity contribution in [1.82, 2.24) is 20.0 Å². The van der Waals surface area contributed by atoms with Crippen molar-refractivity contribution in [2.24, 2.45) is 5.92 Å². The minimum Gasteiger partial charge on any atom is -0.483 e. The zero-order chi connectivity index (χ0) is 22.3. The Labute approximate surface area is 185 Å². The number of anilines is 3. The van der Waals surface area contributed by atoms with Gasteiger partial charge in [0.2, 0.25) is 16.0 Å². The van der Waals surface area contributed by atoms with Crippen LogP contribution in [0.25, 0.3) is 5.13 Å². The number of nitrogen functional groups attached to an aromatic ring is 1. The maximum absolute atomic E-state index is 12.8. The molecule has 3 saturated carbocycles. The first kappa shape index (κ1) is 20.5. The van der Waals surface area contributed by atoms with Crippen LogP contribution in [0.15, 0.2) is 27.5 Å². The van der Waals surface area contributed by atoms with Crippen molar-refractivity contribution in [3.8, 4) is 10.9 Å². The molecule has 0 atom stereocenters. The first-order valence-electron chi connectivity index (χ1n) is 9.99. The molecule has 12 nitrogen and oxygen atoms in total. The first-order valence-corrected chi connectivity index (χ1v) is 10.8. The highest BCUT2D eigenvalue weighted by atomic mass is 32.1. The minimum atomic E-state index is -0.745. The maximum atomic E-state index is 12.8. The second-order valence-corrected chi connectivity index (χ2v) is 8.83. The van der Waals surface area contributed by atoms with E-state index < -0.39 is 11.5 Å². The van der Waals surface area contributed by atoms with Gasteiger partial charge in [0.05, 0.1) is 18.5 Å². The number of methoxy groups -OCH3 is 1. The van der Waals surface area contributed by atoms with Crippen LogP contribution >= 0.6 is 11.3 Å². The monoisotopic (exact) mass is 459 g/mol. The summed E-state index contributed by atoms with van der Waals surface area (Å²) < 4.78 is 17.2. The van der Waals surface area contributed by atoms with E-state index in [9.17, 15) is 9.59 Å². The highest BCUT2D eigenvalue weighted by Crippen LogP contribution is 2.59. The van der Waals surface area contributed by atoms with Crippen molar-refractivity contribution in [1.29, 1.82) is 0 Å². The number of rotatable bonds is 9. The van der Waals surface area contributed by atoms with Gasteiger partial charge in [0.1, 0.15) is 12.4 Å².